The molecule has 2 aromatic heterocycles. The lowest BCUT2D eigenvalue weighted by molar-refractivity contribution is 0.246. The molecule has 0 radical (unpaired) electrons. The normalized spacial score (nSPS) is 19.4. The van der Waals surface area contributed by atoms with Gasteiger partial charge in [0.1, 0.15) is 5.82 Å². The summed E-state index contributed by atoms with van der Waals surface area (Å²) >= 11 is 1.51. The molecule has 3 heterocycles. The second-order valence-corrected chi connectivity index (χ2v) is 6.95. The lowest BCUT2D eigenvalue weighted by Crippen LogP contribution is -2.46. The summed E-state index contributed by atoms with van der Waals surface area (Å²) in [5.41, 5.74) is 4.15. The van der Waals surface area contributed by atoms with Crippen molar-refractivity contribution in [1.82, 2.24) is 24.5 Å². The van der Waals surface area contributed by atoms with Gasteiger partial charge in [-0.2, -0.15) is 9.47 Å². The highest BCUT2D eigenvalue weighted by Crippen LogP contribution is 2.24. The van der Waals surface area contributed by atoms with E-state index in [-0.39, 0.29) is 0 Å². The van der Waals surface area contributed by atoms with E-state index in [1.165, 1.54) is 54.2 Å². The highest BCUT2D eigenvalue weighted by atomic mass is 32.1. The van der Waals surface area contributed by atoms with E-state index in [9.17, 15) is 0 Å². The van der Waals surface area contributed by atoms with Crippen LogP contribution in [0.3, 0.4) is 0 Å². The third kappa shape index (κ3) is 2.75. The zero-order chi connectivity index (χ0) is 14.9. The van der Waals surface area contributed by atoms with Crippen molar-refractivity contribution in [2.24, 2.45) is 0 Å². The average Bonchev–Trinajstić information content (AvgIpc) is 3.15. The van der Waals surface area contributed by atoms with Crippen LogP contribution in [0.4, 0.5) is 5.13 Å². The Bertz CT molecular complexity index is 640. The molecule has 1 aliphatic heterocycles. The third-order valence-corrected chi connectivity index (χ3v) is 5.54. The van der Waals surface area contributed by atoms with E-state index < -0.39 is 0 Å². The summed E-state index contributed by atoms with van der Waals surface area (Å²) in [6, 6.07) is 0. The number of nitrogens with zero attached hydrogens (tertiary/aromatic N) is 5. The van der Waals surface area contributed by atoms with Gasteiger partial charge in [-0.1, -0.05) is 0 Å². The largest absolute Gasteiger partial charge is 0.344 e. The Hall–Kier alpha value is -1.47. The first kappa shape index (κ1) is 14.1. The standard InChI is InChI=1S/C15H22N6S/c1-11-16-15(22-19-11)21-8-6-20(7-9-21)10-14-12-4-2-3-5-13(12)17-18-14/h2-10H2,1H3,(H,17,18). The first-order chi connectivity index (χ1) is 10.8. The topological polar surface area (TPSA) is 60.9 Å². The van der Waals surface area contributed by atoms with Crippen LogP contribution in [0, 0.1) is 6.92 Å². The van der Waals surface area contributed by atoms with Crippen LogP contribution in [-0.4, -0.2) is 50.6 Å². The van der Waals surface area contributed by atoms with Crippen LogP contribution in [0.5, 0.6) is 0 Å². The molecule has 0 unspecified atom stereocenters. The minimum Gasteiger partial charge on any atom is -0.344 e. The van der Waals surface area contributed by atoms with Gasteiger partial charge in [-0.05, 0) is 38.2 Å². The quantitative estimate of drug-likeness (QED) is 0.934. The molecular formula is C15H22N6S. The van der Waals surface area contributed by atoms with Gasteiger partial charge in [0.25, 0.3) is 0 Å². The van der Waals surface area contributed by atoms with Crippen LogP contribution in [0.15, 0.2) is 0 Å². The summed E-state index contributed by atoms with van der Waals surface area (Å²) < 4.78 is 4.28. The van der Waals surface area contributed by atoms with Gasteiger partial charge < -0.3 is 4.90 Å². The number of fused-ring (bicyclic) bond motifs is 1. The molecule has 1 fully saturated rings. The summed E-state index contributed by atoms with van der Waals surface area (Å²) in [6.07, 6.45) is 4.98. The summed E-state index contributed by atoms with van der Waals surface area (Å²) in [7, 11) is 0. The van der Waals surface area contributed by atoms with Gasteiger partial charge in [0.05, 0.1) is 5.69 Å². The fourth-order valence-corrected chi connectivity index (χ4v) is 4.13. The summed E-state index contributed by atoms with van der Waals surface area (Å²) in [4.78, 5) is 9.35. The molecule has 1 saturated heterocycles. The number of H-pyrrole nitrogens is 1. The molecule has 0 amide bonds. The molecule has 0 spiro atoms. The second kappa shape index (κ2) is 5.96. The lowest BCUT2D eigenvalue weighted by atomic mass is 9.96. The molecule has 118 valence electrons. The number of nitrogens with one attached hydrogen (secondary N) is 1. The number of piperazine rings is 1. The van der Waals surface area contributed by atoms with Gasteiger partial charge >= 0.3 is 0 Å². The fraction of sp³-hybridized carbons (Fsp3) is 0.667. The van der Waals surface area contributed by atoms with Gasteiger partial charge in [-0.25, -0.2) is 4.98 Å². The number of hydrogen-bond acceptors (Lipinski definition) is 6. The maximum absolute atomic E-state index is 4.57. The van der Waals surface area contributed by atoms with Crippen LogP contribution in [0.25, 0.3) is 0 Å². The first-order valence-corrected chi connectivity index (χ1v) is 8.89. The van der Waals surface area contributed by atoms with Crippen LogP contribution in [0.1, 0.15) is 35.6 Å². The Morgan fingerprint density at radius 3 is 2.73 bits per heavy atom. The van der Waals surface area contributed by atoms with E-state index >= 15 is 0 Å². The molecule has 0 aromatic carbocycles. The molecule has 0 bridgehead atoms. The van der Waals surface area contributed by atoms with Crippen LogP contribution < -0.4 is 4.90 Å². The van der Waals surface area contributed by atoms with Crippen molar-refractivity contribution < 1.29 is 0 Å². The zero-order valence-corrected chi connectivity index (χ0v) is 13.8. The molecular weight excluding hydrogens is 296 g/mol. The van der Waals surface area contributed by atoms with Crippen molar-refractivity contribution in [3.63, 3.8) is 0 Å². The number of anilines is 1. The van der Waals surface area contributed by atoms with E-state index in [4.69, 9.17) is 0 Å². The third-order valence-electron chi connectivity index (χ3n) is 4.68. The van der Waals surface area contributed by atoms with Gasteiger partial charge in [-0.15, -0.1) is 0 Å². The van der Waals surface area contributed by atoms with Gasteiger partial charge in [0.2, 0.25) is 5.13 Å². The number of aromatic amines is 1. The second-order valence-electron chi connectivity index (χ2n) is 6.22. The lowest BCUT2D eigenvalue weighted by Gasteiger charge is -2.34. The predicted molar refractivity (Wildman–Crippen MR) is 87.4 cm³/mol. The highest BCUT2D eigenvalue weighted by molar-refractivity contribution is 7.09. The van der Waals surface area contributed by atoms with E-state index in [0.717, 1.165) is 43.7 Å². The Labute approximate surface area is 134 Å². The molecule has 2 aliphatic rings. The van der Waals surface area contributed by atoms with Crippen molar-refractivity contribution in [1.29, 1.82) is 0 Å². The van der Waals surface area contributed by atoms with Gasteiger partial charge in [0, 0.05) is 50.0 Å². The number of hydrogen-bond donors (Lipinski definition) is 1. The van der Waals surface area contributed by atoms with E-state index in [2.05, 4.69) is 29.4 Å². The molecule has 2 aromatic rings. The Morgan fingerprint density at radius 1 is 1.14 bits per heavy atom. The van der Waals surface area contributed by atoms with Crippen LogP contribution in [-0.2, 0) is 19.4 Å². The maximum Gasteiger partial charge on any atom is 0.205 e. The van der Waals surface area contributed by atoms with E-state index in [1.807, 2.05) is 6.92 Å². The Morgan fingerprint density at radius 2 is 1.95 bits per heavy atom. The van der Waals surface area contributed by atoms with Gasteiger partial charge in [-0.3, -0.25) is 10.00 Å². The first-order valence-electron chi connectivity index (χ1n) is 8.12. The summed E-state index contributed by atoms with van der Waals surface area (Å²) in [5, 5.41) is 8.89. The maximum atomic E-state index is 4.57. The molecule has 7 heteroatoms. The van der Waals surface area contributed by atoms with Crippen molar-refractivity contribution in [3.8, 4) is 0 Å². The smallest absolute Gasteiger partial charge is 0.205 e. The van der Waals surface area contributed by atoms with Crippen molar-refractivity contribution in [2.75, 3.05) is 31.1 Å². The zero-order valence-electron chi connectivity index (χ0n) is 13.0. The number of aromatic nitrogens is 4. The molecule has 1 aliphatic carbocycles. The molecule has 1 N–H and O–H groups in total. The van der Waals surface area contributed by atoms with Crippen molar-refractivity contribution in [2.45, 2.75) is 39.2 Å². The summed E-state index contributed by atoms with van der Waals surface area (Å²) in [6.45, 7) is 7.13. The van der Waals surface area contributed by atoms with Crippen LogP contribution >= 0.6 is 11.5 Å². The van der Waals surface area contributed by atoms with Crippen LogP contribution in [0.2, 0.25) is 0 Å². The van der Waals surface area contributed by atoms with E-state index in [0.29, 0.717) is 0 Å². The van der Waals surface area contributed by atoms with Gasteiger partial charge in [0.15, 0.2) is 0 Å². The SMILES string of the molecule is Cc1nsc(N2CCN(Cc3n[nH]c4c3CCCC4)CC2)n1. The Kier molecular flexibility index (Phi) is 3.83. The predicted octanol–water partition coefficient (Wildman–Crippen LogP) is 1.77. The van der Waals surface area contributed by atoms with E-state index in [1.54, 1.807) is 0 Å². The summed E-state index contributed by atoms with van der Waals surface area (Å²) in [5.74, 6) is 0.880. The minimum atomic E-state index is 0.880. The molecule has 4 rings (SSSR count). The number of aryl methyl sites for hydroxylation is 2. The molecule has 0 atom stereocenters. The monoisotopic (exact) mass is 318 g/mol. The molecule has 6 nitrogen and oxygen atoms in total. The average molecular weight is 318 g/mol. The highest BCUT2D eigenvalue weighted by Gasteiger charge is 2.23. The molecule has 22 heavy (non-hydrogen) atoms. The fourth-order valence-electron chi connectivity index (χ4n) is 3.40. The van der Waals surface area contributed by atoms with Crippen molar-refractivity contribution in [3.05, 3.63) is 22.8 Å². The molecule has 0 saturated carbocycles. The number of rotatable bonds is 3. The Balaban J connectivity index is 1.37. The minimum absolute atomic E-state index is 0.880. The van der Waals surface area contributed by atoms with Crippen molar-refractivity contribution >= 4 is 16.7 Å².